The van der Waals surface area contributed by atoms with Gasteiger partial charge in [0, 0.05) is 30.4 Å². The van der Waals surface area contributed by atoms with Crippen molar-refractivity contribution in [1.82, 2.24) is 14.3 Å². The smallest absolute Gasteiger partial charge is 0.214 e. The van der Waals surface area contributed by atoms with E-state index in [-0.39, 0.29) is 11.2 Å². The number of sulfonamides is 1. The van der Waals surface area contributed by atoms with E-state index in [1.807, 2.05) is 43.5 Å². The molecule has 2 aliphatic heterocycles. The molecule has 0 radical (unpaired) electrons. The van der Waals surface area contributed by atoms with E-state index < -0.39 is 10.0 Å². The predicted molar refractivity (Wildman–Crippen MR) is 104 cm³/mol. The van der Waals surface area contributed by atoms with E-state index in [4.69, 9.17) is 9.72 Å². The first-order chi connectivity index (χ1) is 13.0. The lowest BCUT2D eigenvalue weighted by molar-refractivity contribution is 0.0532. The zero-order chi connectivity index (χ0) is 18.9. The Balaban J connectivity index is 1.67. The molecule has 4 rings (SSSR count). The number of nitrogens with zero attached hydrogens (tertiary/aromatic N) is 3. The van der Waals surface area contributed by atoms with Crippen LogP contribution < -0.4 is 0 Å². The zero-order valence-electron chi connectivity index (χ0n) is 15.6. The molecule has 0 unspecified atom stereocenters. The molecule has 27 heavy (non-hydrogen) atoms. The van der Waals surface area contributed by atoms with Gasteiger partial charge in [0.2, 0.25) is 10.0 Å². The standard InChI is InChI=1S/C20H25N3O3S/c1-2-3-11-27(24,25)23-10-9-20(14-23)15-26-13-17-12-21-19(22-18(17)20)16-7-5-4-6-8-16/h4-8,12H,2-3,9-11,13-15H2,1H3/t20-/m1/s1. The molecule has 7 heteroatoms. The van der Waals surface area contributed by atoms with Crippen molar-refractivity contribution in [3.8, 4) is 11.4 Å². The third-order valence-electron chi connectivity index (χ3n) is 5.50. The van der Waals surface area contributed by atoms with Gasteiger partial charge >= 0.3 is 0 Å². The Labute approximate surface area is 160 Å². The molecule has 2 aromatic rings. The van der Waals surface area contributed by atoms with Crippen LogP contribution in [0.3, 0.4) is 0 Å². The topological polar surface area (TPSA) is 72.4 Å². The summed E-state index contributed by atoms with van der Waals surface area (Å²) in [4.78, 5) is 9.39. The summed E-state index contributed by atoms with van der Waals surface area (Å²) >= 11 is 0. The van der Waals surface area contributed by atoms with Crippen LogP contribution in [0.4, 0.5) is 0 Å². The van der Waals surface area contributed by atoms with Crippen LogP contribution in [-0.4, -0.2) is 48.1 Å². The molecule has 0 amide bonds. The summed E-state index contributed by atoms with van der Waals surface area (Å²) in [5.41, 5.74) is 2.51. The molecule has 144 valence electrons. The molecule has 0 N–H and O–H groups in total. The summed E-state index contributed by atoms with van der Waals surface area (Å²) in [6, 6.07) is 9.88. The fourth-order valence-corrected chi connectivity index (χ4v) is 5.69. The van der Waals surface area contributed by atoms with E-state index in [1.54, 1.807) is 4.31 Å². The Morgan fingerprint density at radius 1 is 1.26 bits per heavy atom. The Bertz CT molecular complexity index is 917. The van der Waals surface area contributed by atoms with Gasteiger partial charge in [0.1, 0.15) is 0 Å². The highest BCUT2D eigenvalue weighted by Gasteiger charge is 2.47. The number of hydrogen-bond acceptors (Lipinski definition) is 5. The summed E-state index contributed by atoms with van der Waals surface area (Å²) in [5, 5.41) is 0. The van der Waals surface area contributed by atoms with Crippen LogP contribution >= 0.6 is 0 Å². The van der Waals surface area contributed by atoms with Crippen LogP contribution in [0.5, 0.6) is 0 Å². The van der Waals surface area contributed by atoms with Crippen LogP contribution in [0.2, 0.25) is 0 Å². The Hall–Kier alpha value is -1.83. The largest absolute Gasteiger partial charge is 0.376 e. The number of unbranched alkanes of at least 4 members (excludes halogenated alkanes) is 1. The number of rotatable bonds is 5. The van der Waals surface area contributed by atoms with Crippen molar-refractivity contribution in [3.05, 3.63) is 47.8 Å². The van der Waals surface area contributed by atoms with Crippen molar-refractivity contribution < 1.29 is 13.2 Å². The van der Waals surface area contributed by atoms with E-state index in [0.29, 0.717) is 38.5 Å². The molecule has 3 heterocycles. The van der Waals surface area contributed by atoms with Gasteiger partial charge in [0.05, 0.1) is 30.1 Å². The molecular formula is C20H25N3O3S. The Kier molecular flexibility index (Phi) is 5.01. The third-order valence-corrected chi connectivity index (χ3v) is 7.41. The lowest BCUT2D eigenvalue weighted by Crippen LogP contribution is -2.42. The van der Waals surface area contributed by atoms with Crippen molar-refractivity contribution in [3.63, 3.8) is 0 Å². The molecule has 0 saturated carbocycles. The second-order valence-corrected chi connectivity index (χ2v) is 9.55. The van der Waals surface area contributed by atoms with Crippen LogP contribution in [0.15, 0.2) is 36.5 Å². The number of ether oxygens (including phenoxy) is 1. The van der Waals surface area contributed by atoms with Crippen LogP contribution in [0.25, 0.3) is 11.4 Å². The lowest BCUT2D eigenvalue weighted by atomic mass is 9.80. The Morgan fingerprint density at radius 2 is 2.07 bits per heavy atom. The van der Waals surface area contributed by atoms with Crippen LogP contribution in [-0.2, 0) is 26.8 Å². The maximum Gasteiger partial charge on any atom is 0.214 e. The fraction of sp³-hybridized carbons (Fsp3) is 0.500. The molecule has 1 spiro atoms. The van der Waals surface area contributed by atoms with Crippen molar-refractivity contribution in [1.29, 1.82) is 0 Å². The van der Waals surface area contributed by atoms with Gasteiger partial charge in [-0.3, -0.25) is 0 Å². The summed E-state index contributed by atoms with van der Waals surface area (Å²) in [6.07, 6.45) is 4.13. The molecule has 1 fully saturated rings. The van der Waals surface area contributed by atoms with Gasteiger partial charge in [-0.25, -0.2) is 22.7 Å². The van der Waals surface area contributed by atoms with Crippen molar-refractivity contribution in [2.75, 3.05) is 25.4 Å². The van der Waals surface area contributed by atoms with Crippen LogP contribution in [0.1, 0.15) is 37.4 Å². The first kappa shape index (κ1) is 18.5. The molecule has 1 aromatic heterocycles. The van der Waals surface area contributed by atoms with Gasteiger partial charge in [-0.2, -0.15) is 0 Å². The van der Waals surface area contributed by atoms with Gasteiger partial charge in [-0.1, -0.05) is 43.7 Å². The molecular weight excluding hydrogens is 362 g/mol. The van der Waals surface area contributed by atoms with E-state index in [9.17, 15) is 8.42 Å². The minimum atomic E-state index is -3.23. The maximum absolute atomic E-state index is 12.7. The normalized spacial score (nSPS) is 22.9. The SMILES string of the molecule is CCCCS(=O)(=O)N1CC[C@]2(COCc3cnc(-c4ccccc4)nc32)C1. The van der Waals surface area contributed by atoms with Gasteiger partial charge in [-0.15, -0.1) is 0 Å². The predicted octanol–water partition coefficient (Wildman–Crippen LogP) is 2.75. The van der Waals surface area contributed by atoms with Crippen molar-refractivity contribution in [2.45, 2.75) is 38.2 Å². The summed E-state index contributed by atoms with van der Waals surface area (Å²) in [7, 11) is -3.23. The minimum absolute atomic E-state index is 0.215. The zero-order valence-corrected chi connectivity index (χ0v) is 16.4. The number of fused-ring (bicyclic) bond motifs is 2. The van der Waals surface area contributed by atoms with E-state index in [1.165, 1.54) is 0 Å². The molecule has 1 aromatic carbocycles. The van der Waals surface area contributed by atoms with Gasteiger partial charge in [-0.05, 0) is 12.8 Å². The number of aromatic nitrogens is 2. The molecule has 0 bridgehead atoms. The fourth-order valence-electron chi connectivity index (χ4n) is 3.96. The Morgan fingerprint density at radius 3 is 2.85 bits per heavy atom. The highest BCUT2D eigenvalue weighted by Crippen LogP contribution is 2.40. The molecule has 0 aliphatic carbocycles. The third kappa shape index (κ3) is 3.51. The second-order valence-electron chi connectivity index (χ2n) is 7.46. The van der Waals surface area contributed by atoms with E-state index >= 15 is 0 Å². The monoisotopic (exact) mass is 387 g/mol. The summed E-state index contributed by atoms with van der Waals surface area (Å²) in [6.45, 7) is 3.96. The minimum Gasteiger partial charge on any atom is -0.376 e. The van der Waals surface area contributed by atoms with Gasteiger partial charge in [0.15, 0.2) is 5.82 Å². The first-order valence-electron chi connectivity index (χ1n) is 9.51. The lowest BCUT2D eigenvalue weighted by Gasteiger charge is -2.34. The second kappa shape index (κ2) is 7.30. The average molecular weight is 388 g/mol. The average Bonchev–Trinajstić information content (AvgIpc) is 3.13. The van der Waals surface area contributed by atoms with E-state index in [0.717, 1.165) is 29.7 Å². The van der Waals surface area contributed by atoms with Gasteiger partial charge in [0.25, 0.3) is 0 Å². The quantitative estimate of drug-likeness (QED) is 0.789. The van der Waals surface area contributed by atoms with Crippen LogP contribution in [0, 0.1) is 0 Å². The number of benzene rings is 1. The molecule has 1 atom stereocenters. The highest BCUT2D eigenvalue weighted by molar-refractivity contribution is 7.89. The maximum atomic E-state index is 12.7. The van der Waals surface area contributed by atoms with Crippen molar-refractivity contribution in [2.24, 2.45) is 0 Å². The molecule has 2 aliphatic rings. The van der Waals surface area contributed by atoms with Crippen molar-refractivity contribution >= 4 is 10.0 Å². The molecule has 1 saturated heterocycles. The van der Waals surface area contributed by atoms with E-state index in [2.05, 4.69) is 4.98 Å². The summed E-state index contributed by atoms with van der Waals surface area (Å²) < 4.78 is 32.8. The highest BCUT2D eigenvalue weighted by atomic mass is 32.2. The number of hydrogen-bond donors (Lipinski definition) is 0. The molecule has 6 nitrogen and oxygen atoms in total. The first-order valence-corrected chi connectivity index (χ1v) is 11.1. The summed E-state index contributed by atoms with van der Waals surface area (Å²) in [5.74, 6) is 0.898. The van der Waals surface area contributed by atoms with Gasteiger partial charge < -0.3 is 4.74 Å².